The SMILES string of the molecule is CCC(C)CN1CCC(CC(=O)O)CC1. The summed E-state index contributed by atoms with van der Waals surface area (Å²) in [6.07, 6.45) is 3.71. The average molecular weight is 213 g/mol. The lowest BCUT2D eigenvalue weighted by Crippen LogP contribution is -2.37. The summed E-state index contributed by atoms with van der Waals surface area (Å²) < 4.78 is 0. The molecule has 1 atom stereocenters. The summed E-state index contributed by atoms with van der Waals surface area (Å²) in [6, 6.07) is 0. The lowest BCUT2D eigenvalue weighted by atomic mass is 9.93. The van der Waals surface area contributed by atoms with Crippen LogP contribution in [0.3, 0.4) is 0 Å². The van der Waals surface area contributed by atoms with Crippen LogP contribution in [0.1, 0.15) is 39.5 Å². The Labute approximate surface area is 92.5 Å². The largest absolute Gasteiger partial charge is 0.481 e. The van der Waals surface area contributed by atoms with Crippen molar-refractivity contribution in [1.29, 1.82) is 0 Å². The molecule has 3 heteroatoms. The van der Waals surface area contributed by atoms with Crippen molar-refractivity contribution in [1.82, 2.24) is 4.90 Å². The maximum atomic E-state index is 10.6. The highest BCUT2D eigenvalue weighted by atomic mass is 16.4. The summed E-state index contributed by atoms with van der Waals surface area (Å²) in [5.41, 5.74) is 0. The molecule has 0 aromatic heterocycles. The van der Waals surface area contributed by atoms with Gasteiger partial charge in [-0.3, -0.25) is 4.79 Å². The molecule has 0 amide bonds. The first-order valence-electron chi connectivity index (χ1n) is 6.06. The second-order valence-corrected chi connectivity index (χ2v) is 4.86. The Morgan fingerprint density at radius 3 is 2.53 bits per heavy atom. The highest BCUT2D eigenvalue weighted by Crippen LogP contribution is 2.21. The Kier molecular flexibility index (Phi) is 5.09. The molecule has 1 aliphatic heterocycles. The van der Waals surface area contributed by atoms with E-state index in [4.69, 9.17) is 5.11 Å². The Morgan fingerprint density at radius 1 is 1.47 bits per heavy atom. The number of carboxylic acid groups (broad SMARTS) is 1. The van der Waals surface area contributed by atoms with E-state index >= 15 is 0 Å². The zero-order valence-corrected chi connectivity index (χ0v) is 9.91. The van der Waals surface area contributed by atoms with Gasteiger partial charge < -0.3 is 10.0 Å². The fraction of sp³-hybridized carbons (Fsp3) is 0.917. The molecular weight excluding hydrogens is 190 g/mol. The first-order chi connectivity index (χ1) is 7.11. The topological polar surface area (TPSA) is 40.5 Å². The van der Waals surface area contributed by atoms with Crippen molar-refractivity contribution in [2.24, 2.45) is 11.8 Å². The van der Waals surface area contributed by atoms with Crippen molar-refractivity contribution in [2.45, 2.75) is 39.5 Å². The molecule has 1 unspecified atom stereocenters. The van der Waals surface area contributed by atoms with Crippen LogP contribution in [-0.2, 0) is 4.79 Å². The minimum atomic E-state index is -0.643. The molecule has 0 bridgehead atoms. The number of nitrogens with zero attached hydrogens (tertiary/aromatic N) is 1. The van der Waals surface area contributed by atoms with Gasteiger partial charge in [0.25, 0.3) is 0 Å². The summed E-state index contributed by atoms with van der Waals surface area (Å²) in [6.45, 7) is 7.85. The van der Waals surface area contributed by atoms with Gasteiger partial charge in [0.2, 0.25) is 0 Å². The van der Waals surface area contributed by atoms with Crippen LogP contribution in [0.25, 0.3) is 0 Å². The lowest BCUT2D eigenvalue weighted by Gasteiger charge is -2.32. The minimum absolute atomic E-state index is 0.358. The lowest BCUT2D eigenvalue weighted by molar-refractivity contribution is -0.138. The number of piperidine rings is 1. The molecule has 1 rings (SSSR count). The third-order valence-electron chi connectivity index (χ3n) is 3.44. The van der Waals surface area contributed by atoms with Crippen LogP contribution in [0.2, 0.25) is 0 Å². The van der Waals surface area contributed by atoms with Crippen molar-refractivity contribution in [3.63, 3.8) is 0 Å². The minimum Gasteiger partial charge on any atom is -0.481 e. The monoisotopic (exact) mass is 213 g/mol. The molecule has 1 saturated heterocycles. The number of aliphatic carboxylic acids is 1. The van der Waals surface area contributed by atoms with Crippen molar-refractivity contribution < 1.29 is 9.90 Å². The number of carbonyl (C=O) groups is 1. The fourth-order valence-corrected chi connectivity index (χ4v) is 2.19. The summed E-state index contributed by atoms with van der Waals surface area (Å²) in [5, 5.41) is 8.70. The first-order valence-corrected chi connectivity index (χ1v) is 6.06. The number of hydrogen-bond acceptors (Lipinski definition) is 2. The van der Waals surface area contributed by atoms with E-state index < -0.39 is 5.97 Å². The first kappa shape index (κ1) is 12.5. The molecule has 0 saturated carbocycles. The van der Waals surface area contributed by atoms with Crippen LogP contribution < -0.4 is 0 Å². The zero-order valence-electron chi connectivity index (χ0n) is 9.91. The number of carboxylic acids is 1. The van der Waals surface area contributed by atoms with Gasteiger partial charge in [0.15, 0.2) is 0 Å². The standard InChI is InChI=1S/C12H23NO2/c1-3-10(2)9-13-6-4-11(5-7-13)8-12(14)15/h10-11H,3-9H2,1-2H3,(H,14,15). The van der Waals surface area contributed by atoms with Crippen LogP contribution >= 0.6 is 0 Å². The predicted molar refractivity (Wildman–Crippen MR) is 60.9 cm³/mol. The molecule has 1 aliphatic rings. The molecule has 88 valence electrons. The van der Waals surface area contributed by atoms with Crippen molar-refractivity contribution in [3.8, 4) is 0 Å². The molecule has 3 nitrogen and oxygen atoms in total. The van der Waals surface area contributed by atoms with Crippen molar-refractivity contribution >= 4 is 5.97 Å². The summed E-state index contributed by atoms with van der Waals surface area (Å²) in [5.74, 6) is 0.534. The summed E-state index contributed by atoms with van der Waals surface area (Å²) in [4.78, 5) is 13.0. The Morgan fingerprint density at radius 2 is 2.07 bits per heavy atom. The van der Waals surface area contributed by atoms with Gasteiger partial charge in [0.05, 0.1) is 0 Å². The second kappa shape index (κ2) is 6.11. The van der Waals surface area contributed by atoms with Crippen LogP contribution in [0, 0.1) is 11.8 Å². The van der Waals surface area contributed by atoms with E-state index in [0.29, 0.717) is 12.3 Å². The van der Waals surface area contributed by atoms with E-state index in [0.717, 1.165) is 31.8 Å². The molecule has 0 spiro atoms. The van der Waals surface area contributed by atoms with E-state index in [1.807, 2.05) is 0 Å². The van der Waals surface area contributed by atoms with Gasteiger partial charge in [-0.05, 0) is 37.8 Å². The molecule has 1 fully saturated rings. The van der Waals surface area contributed by atoms with Crippen LogP contribution in [0.5, 0.6) is 0 Å². The third kappa shape index (κ3) is 4.65. The van der Waals surface area contributed by atoms with Crippen LogP contribution in [0.15, 0.2) is 0 Å². The number of likely N-dealkylation sites (tertiary alicyclic amines) is 1. The number of hydrogen-bond donors (Lipinski definition) is 1. The van der Waals surface area contributed by atoms with Crippen LogP contribution in [0.4, 0.5) is 0 Å². The molecule has 0 radical (unpaired) electrons. The van der Waals surface area contributed by atoms with E-state index in [9.17, 15) is 4.79 Å². The van der Waals surface area contributed by atoms with Gasteiger partial charge in [0, 0.05) is 13.0 Å². The molecule has 0 aromatic rings. The highest BCUT2D eigenvalue weighted by Gasteiger charge is 2.21. The number of rotatable bonds is 5. The molecule has 1 heterocycles. The molecule has 0 aromatic carbocycles. The average Bonchev–Trinajstić information content (AvgIpc) is 2.20. The van der Waals surface area contributed by atoms with E-state index in [1.165, 1.54) is 13.0 Å². The zero-order chi connectivity index (χ0) is 11.3. The van der Waals surface area contributed by atoms with Gasteiger partial charge in [-0.1, -0.05) is 20.3 Å². The molecule has 15 heavy (non-hydrogen) atoms. The van der Waals surface area contributed by atoms with Gasteiger partial charge >= 0.3 is 5.97 Å². The normalized spacial score (nSPS) is 21.5. The van der Waals surface area contributed by atoms with Crippen molar-refractivity contribution in [2.75, 3.05) is 19.6 Å². The maximum absolute atomic E-state index is 10.6. The molecular formula is C12H23NO2. The fourth-order valence-electron chi connectivity index (χ4n) is 2.19. The Hall–Kier alpha value is -0.570. The van der Waals surface area contributed by atoms with Gasteiger partial charge in [-0.25, -0.2) is 0 Å². The molecule has 0 aliphatic carbocycles. The maximum Gasteiger partial charge on any atom is 0.303 e. The van der Waals surface area contributed by atoms with Crippen molar-refractivity contribution in [3.05, 3.63) is 0 Å². The molecule has 1 N–H and O–H groups in total. The smallest absolute Gasteiger partial charge is 0.303 e. The predicted octanol–water partition coefficient (Wildman–Crippen LogP) is 2.22. The Balaban J connectivity index is 2.20. The summed E-state index contributed by atoms with van der Waals surface area (Å²) >= 11 is 0. The third-order valence-corrected chi connectivity index (χ3v) is 3.44. The quantitative estimate of drug-likeness (QED) is 0.761. The highest BCUT2D eigenvalue weighted by molar-refractivity contribution is 5.67. The van der Waals surface area contributed by atoms with E-state index in [1.54, 1.807) is 0 Å². The van der Waals surface area contributed by atoms with Gasteiger partial charge in [-0.15, -0.1) is 0 Å². The van der Waals surface area contributed by atoms with Crippen LogP contribution in [-0.4, -0.2) is 35.6 Å². The Bertz CT molecular complexity index is 198. The van der Waals surface area contributed by atoms with Gasteiger partial charge in [-0.2, -0.15) is 0 Å². The van der Waals surface area contributed by atoms with E-state index in [-0.39, 0.29) is 0 Å². The van der Waals surface area contributed by atoms with Gasteiger partial charge in [0.1, 0.15) is 0 Å². The summed E-state index contributed by atoms with van der Waals surface area (Å²) in [7, 11) is 0. The van der Waals surface area contributed by atoms with E-state index in [2.05, 4.69) is 18.7 Å². The second-order valence-electron chi connectivity index (χ2n) is 4.86.